The first-order valence-electron chi connectivity index (χ1n) is 9.71. The Morgan fingerprint density at radius 2 is 1.86 bits per heavy atom. The molecule has 2 aromatic rings. The third-order valence-electron chi connectivity index (χ3n) is 4.20. The zero-order valence-corrected chi connectivity index (χ0v) is 16.5. The van der Waals surface area contributed by atoms with Crippen molar-refractivity contribution in [1.82, 2.24) is 10.6 Å². The largest absolute Gasteiger partial charge is 0.494 e. The van der Waals surface area contributed by atoms with Crippen LogP contribution < -0.4 is 15.4 Å². The van der Waals surface area contributed by atoms with Crippen LogP contribution in [0, 0.1) is 11.6 Å². The second-order valence-electron chi connectivity index (χ2n) is 6.61. The first kappa shape index (κ1) is 22.3. The standard InChI is InChI=1S/C22H26F2N2O3/c1-2-3-12-29-18-7-4-6-16(13-18)15-26-21(27)8-5-11-25-22(28)19-10-9-17(23)14-20(19)24/h4,6-7,9-10,13-14H,2-3,5,8,11-12,15H2,1H3,(H,25,28)(H,26,27). The summed E-state index contributed by atoms with van der Waals surface area (Å²) >= 11 is 0. The number of ether oxygens (including phenoxy) is 1. The fourth-order valence-corrected chi connectivity index (χ4v) is 2.59. The van der Waals surface area contributed by atoms with Gasteiger partial charge in [0.05, 0.1) is 12.2 Å². The van der Waals surface area contributed by atoms with Gasteiger partial charge >= 0.3 is 0 Å². The monoisotopic (exact) mass is 404 g/mol. The number of halogens is 2. The van der Waals surface area contributed by atoms with Gasteiger partial charge in [-0.3, -0.25) is 9.59 Å². The van der Waals surface area contributed by atoms with Crippen LogP contribution in [0.3, 0.4) is 0 Å². The summed E-state index contributed by atoms with van der Waals surface area (Å²) in [5, 5.41) is 5.34. The molecule has 0 spiro atoms. The van der Waals surface area contributed by atoms with Crippen LogP contribution in [0.1, 0.15) is 48.5 Å². The van der Waals surface area contributed by atoms with Crippen LogP contribution in [-0.4, -0.2) is 25.0 Å². The molecule has 0 bridgehead atoms. The predicted molar refractivity (Wildman–Crippen MR) is 107 cm³/mol. The minimum atomic E-state index is -0.916. The highest BCUT2D eigenvalue weighted by Gasteiger charge is 2.12. The maximum Gasteiger partial charge on any atom is 0.254 e. The smallest absolute Gasteiger partial charge is 0.254 e. The van der Waals surface area contributed by atoms with Crippen molar-refractivity contribution in [3.63, 3.8) is 0 Å². The van der Waals surface area contributed by atoms with Crippen LogP contribution in [0.2, 0.25) is 0 Å². The van der Waals surface area contributed by atoms with Crippen molar-refractivity contribution >= 4 is 11.8 Å². The van der Waals surface area contributed by atoms with Crippen LogP contribution in [0.5, 0.6) is 5.75 Å². The molecular weight excluding hydrogens is 378 g/mol. The number of hydrogen-bond donors (Lipinski definition) is 2. The van der Waals surface area contributed by atoms with Crippen molar-refractivity contribution in [2.75, 3.05) is 13.2 Å². The average molecular weight is 404 g/mol. The molecule has 0 unspecified atom stereocenters. The molecule has 0 aromatic heterocycles. The fraction of sp³-hybridized carbons (Fsp3) is 0.364. The van der Waals surface area contributed by atoms with E-state index in [2.05, 4.69) is 17.6 Å². The van der Waals surface area contributed by atoms with Crippen LogP contribution >= 0.6 is 0 Å². The Morgan fingerprint density at radius 3 is 2.62 bits per heavy atom. The van der Waals surface area contributed by atoms with Gasteiger partial charge in [0.25, 0.3) is 5.91 Å². The summed E-state index contributed by atoms with van der Waals surface area (Å²) in [6.07, 6.45) is 2.68. The molecule has 0 heterocycles. The van der Waals surface area contributed by atoms with Gasteiger partial charge in [-0.15, -0.1) is 0 Å². The number of rotatable bonds is 11. The van der Waals surface area contributed by atoms with Crippen molar-refractivity contribution in [2.45, 2.75) is 39.2 Å². The van der Waals surface area contributed by atoms with Crippen LogP contribution in [-0.2, 0) is 11.3 Å². The molecule has 0 fully saturated rings. The van der Waals surface area contributed by atoms with Crippen molar-refractivity contribution in [3.05, 3.63) is 65.2 Å². The highest BCUT2D eigenvalue weighted by molar-refractivity contribution is 5.94. The van der Waals surface area contributed by atoms with Crippen molar-refractivity contribution in [1.29, 1.82) is 0 Å². The number of nitrogens with one attached hydrogen (secondary N) is 2. The van der Waals surface area contributed by atoms with Gasteiger partial charge in [0.15, 0.2) is 0 Å². The quantitative estimate of drug-likeness (QED) is 0.557. The third kappa shape index (κ3) is 7.89. The fourth-order valence-electron chi connectivity index (χ4n) is 2.59. The van der Waals surface area contributed by atoms with Crippen molar-refractivity contribution in [2.24, 2.45) is 0 Å². The van der Waals surface area contributed by atoms with Crippen LogP contribution in [0.25, 0.3) is 0 Å². The normalized spacial score (nSPS) is 10.4. The number of hydrogen-bond acceptors (Lipinski definition) is 3. The molecule has 0 saturated heterocycles. The second-order valence-corrected chi connectivity index (χ2v) is 6.61. The summed E-state index contributed by atoms with van der Waals surface area (Å²) < 4.78 is 32.1. The van der Waals surface area contributed by atoms with Crippen molar-refractivity contribution in [3.8, 4) is 5.75 Å². The molecule has 0 atom stereocenters. The lowest BCUT2D eigenvalue weighted by Gasteiger charge is -2.09. The molecule has 0 saturated carbocycles. The molecule has 0 aliphatic carbocycles. The van der Waals surface area contributed by atoms with E-state index in [9.17, 15) is 18.4 Å². The van der Waals surface area contributed by atoms with E-state index < -0.39 is 17.5 Å². The minimum absolute atomic E-state index is 0.149. The zero-order chi connectivity index (χ0) is 21.1. The number of benzene rings is 2. The molecule has 0 aliphatic heterocycles. The summed E-state index contributed by atoms with van der Waals surface area (Å²) in [4.78, 5) is 23.8. The summed E-state index contributed by atoms with van der Waals surface area (Å²) in [5.74, 6) is -1.66. The van der Waals surface area contributed by atoms with Gasteiger partial charge in [0.1, 0.15) is 17.4 Å². The van der Waals surface area contributed by atoms with E-state index in [1.54, 1.807) is 0 Å². The maximum absolute atomic E-state index is 13.5. The highest BCUT2D eigenvalue weighted by Crippen LogP contribution is 2.14. The molecule has 2 N–H and O–H groups in total. The Hall–Kier alpha value is -2.96. The Morgan fingerprint density at radius 1 is 1.03 bits per heavy atom. The predicted octanol–water partition coefficient (Wildman–Crippen LogP) is 3.97. The van der Waals surface area contributed by atoms with Gasteiger partial charge in [-0.2, -0.15) is 0 Å². The third-order valence-corrected chi connectivity index (χ3v) is 4.20. The molecule has 2 aromatic carbocycles. The molecule has 0 radical (unpaired) electrons. The molecule has 2 rings (SSSR count). The Bertz CT molecular complexity index is 827. The summed E-state index contributed by atoms with van der Waals surface area (Å²) in [5.41, 5.74) is 0.712. The summed E-state index contributed by atoms with van der Waals surface area (Å²) in [6, 6.07) is 10.3. The molecule has 2 amide bonds. The van der Waals surface area contributed by atoms with Gasteiger partial charge in [-0.1, -0.05) is 25.5 Å². The molecule has 0 aliphatic rings. The number of carbonyl (C=O) groups is 2. The van der Waals surface area contributed by atoms with E-state index in [1.807, 2.05) is 24.3 Å². The Kier molecular flexibility index (Phi) is 9.08. The maximum atomic E-state index is 13.5. The molecule has 156 valence electrons. The number of unbranched alkanes of at least 4 members (excludes halogenated alkanes) is 1. The number of amides is 2. The van der Waals surface area contributed by atoms with E-state index in [0.717, 1.165) is 36.3 Å². The van der Waals surface area contributed by atoms with E-state index >= 15 is 0 Å². The van der Waals surface area contributed by atoms with Gasteiger partial charge in [0.2, 0.25) is 5.91 Å². The van der Waals surface area contributed by atoms with Gasteiger partial charge in [-0.05, 0) is 42.7 Å². The summed E-state index contributed by atoms with van der Waals surface area (Å²) in [6.45, 7) is 3.36. The SMILES string of the molecule is CCCCOc1cccc(CNC(=O)CCCNC(=O)c2ccc(F)cc2F)c1. The van der Waals surface area contributed by atoms with E-state index in [0.29, 0.717) is 25.6 Å². The lowest BCUT2D eigenvalue weighted by molar-refractivity contribution is -0.121. The average Bonchev–Trinajstić information content (AvgIpc) is 2.70. The lowest BCUT2D eigenvalue weighted by Crippen LogP contribution is -2.28. The van der Waals surface area contributed by atoms with Gasteiger partial charge in [-0.25, -0.2) is 8.78 Å². The summed E-state index contributed by atoms with van der Waals surface area (Å²) in [7, 11) is 0. The Labute approximate surface area is 169 Å². The van der Waals surface area contributed by atoms with Crippen LogP contribution in [0.4, 0.5) is 8.78 Å². The molecule has 7 heteroatoms. The van der Waals surface area contributed by atoms with Gasteiger partial charge in [0, 0.05) is 25.6 Å². The van der Waals surface area contributed by atoms with Crippen LogP contribution in [0.15, 0.2) is 42.5 Å². The zero-order valence-electron chi connectivity index (χ0n) is 16.5. The Balaban J connectivity index is 1.67. The van der Waals surface area contributed by atoms with Crippen molar-refractivity contribution < 1.29 is 23.1 Å². The topological polar surface area (TPSA) is 67.4 Å². The first-order valence-corrected chi connectivity index (χ1v) is 9.71. The van der Waals surface area contributed by atoms with E-state index in [4.69, 9.17) is 4.74 Å². The molecular formula is C22H26F2N2O3. The molecule has 29 heavy (non-hydrogen) atoms. The first-order chi connectivity index (χ1) is 14.0. The number of carbonyl (C=O) groups excluding carboxylic acids is 2. The van der Waals surface area contributed by atoms with Gasteiger partial charge < -0.3 is 15.4 Å². The highest BCUT2D eigenvalue weighted by atomic mass is 19.1. The minimum Gasteiger partial charge on any atom is -0.494 e. The molecule has 5 nitrogen and oxygen atoms in total. The van der Waals surface area contributed by atoms with E-state index in [-0.39, 0.29) is 24.4 Å². The van der Waals surface area contributed by atoms with E-state index in [1.165, 1.54) is 0 Å². The second kappa shape index (κ2) is 11.8. The lowest BCUT2D eigenvalue weighted by atomic mass is 10.2.